The Labute approximate surface area is 166 Å². The summed E-state index contributed by atoms with van der Waals surface area (Å²) in [5.74, 6) is 1.52. The normalized spacial score (nSPS) is 25.8. The van der Waals surface area contributed by atoms with Gasteiger partial charge in [0.05, 0.1) is 24.9 Å². The maximum Gasteiger partial charge on any atom is 0.271 e. The molecule has 3 fully saturated rings. The van der Waals surface area contributed by atoms with Crippen LogP contribution in [0, 0.1) is 5.92 Å². The smallest absolute Gasteiger partial charge is 0.271 e. The summed E-state index contributed by atoms with van der Waals surface area (Å²) in [6.07, 6.45) is 11.9. The molecule has 0 spiro atoms. The molecule has 154 valence electrons. The Morgan fingerprint density at radius 3 is 2.57 bits per heavy atom. The van der Waals surface area contributed by atoms with Gasteiger partial charge in [-0.15, -0.1) is 0 Å². The third kappa shape index (κ3) is 4.57. The van der Waals surface area contributed by atoms with Crippen LogP contribution in [-0.2, 0) is 0 Å². The van der Waals surface area contributed by atoms with E-state index >= 15 is 0 Å². The fraction of sp³-hybridized carbons (Fsp3) is 0.762. The second-order valence-corrected chi connectivity index (χ2v) is 8.47. The van der Waals surface area contributed by atoms with Gasteiger partial charge in [-0.1, -0.05) is 25.7 Å². The van der Waals surface area contributed by atoms with Crippen molar-refractivity contribution in [1.82, 2.24) is 15.3 Å². The highest BCUT2D eigenvalue weighted by Crippen LogP contribution is 2.30. The molecule has 2 heterocycles. The third-order valence-corrected chi connectivity index (χ3v) is 6.34. The van der Waals surface area contributed by atoms with Crippen LogP contribution >= 0.6 is 0 Å². The molecule has 3 aliphatic rings. The number of aromatic nitrogens is 2. The number of anilines is 1. The number of hydrogen-bond acceptors (Lipinski definition) is 6. The molecule has 1 aromatic heterocycles. The molecule has 2 saturated carbocycles. The minimum absolute atomic E-state index is 0.204. The zero-order valence-corrected chi connectivity index (χ0v) is 16.6. The summed E-state index contributed by atoms with van der Waals surface area (Å²) in [6, 6.07) is -0.204. The Bertz CT molecular complexity index is 672. The summed E-state index contributed by atoms with van der Waals surface area (Å²) in [5, 5.41) is 13.1. The molecule has 7 heteroatoms. The summed E-state index contributed by atoms with van der Waals surface area (Å²) < 4.78 is 6.09. The van der Waals surface area contributed by atoms with Crippen molar-refractivity contribution in [2.45, 2.75) is 76.4 Å². The van der Waals surface area contributed by atoms with Crippen molar-refractivity contribution < 1.29 is 14.6 Å². The largest absolute Gasteiger partial charge is 0.475 e. The van der Waals surface area contributed by atoms with Crippen LogP contribution in [0.1, 0.15) is 74.7 Å². The molecule has 7 nitrogen and oxygen atoms in total. The minimum Gasteiger partial charge on any atom is -0.475 e. The zero-order valence-electron chi connectivity index (χ0n) is 16.6. The lowest BCUT2D eigenvalue weighted by molar-refractivity contribution is 0.0712. The molecule has 0 bridgehead atoms. The quantitative estimate of drug-likeness (QED) is 0.779. The number of amides is 1. The number of rotatable bonds is 6. The van der Waals surface area contributed by atoms with Gasteiger partial charge in [0.15, 0.2) is 11.5 Å². The predicted octanol–water partition coefficient (Wildman–Crippen LogP) is 2.68. The maximum absolute atomic E-state index is 12.7. The lowest BCUT2D eigenvalue weighted by Crippen LogP contribution is -2.45. The van der Waals surface area contributed by atoms with Gasteiger partial charge in [0.25, 0.3) is 11.8 Å². The van der Waals surface area contributed by atoms with Crippen LogP contribution < -0.4 is 15.0 Å². The van der Waals surface area contributed by atoms with Gasteiger partial charge in [0, 0.05) is 13.1 Å². The number of carbonyl (C=O) groups is 1. The monoisotopic (exact) mass is 388 g/mol. The van der Waals surface area contributed by atoms with Crippen LogP contribution in [0.3, 0.4) is 0 Å². The number of carbonyl (C=O) groups excluding carboxylic acids is 1. The van der Waals surface area contributed by atoms with E-state index < -0.39 is 6.10 Å². The standard InChI is InChI=1S/C21H32N4O3/c26-18-10-4-3-9-16(18)23-20(27)17-13-22-19(25-11-5-6-12-25)21(24-17)28-14-15-7-1-2-8-15/h13,15-16,18,26H,1-12,14H2,(H,23,27)/t16-,18-/m1/s1. The van der Waals surface area contributed by atoms with Crippen LogP contribution in [0.2, 0.25) is 0 Å². The molecule has 0 unspecified atom stereocenters. The molecular weight excluding hydrogens is 356 g/mol. The van der Waals surface area contributed by atoms with Crippen LogP contribution in [0.4, 0.5) is 5.82 Å². The van der Waals surface area contributed by atoms with E-state index in [0.717, 1.165) is 57.4 Å². The number of aliphatic hydroxyl groups is 1. The molecule has 0 aromatic carbocycles. The van der Waals surface area contributed by atoms with Crippen molar-refractivity contribution >= 4 is 11.7 Å². The third-order valence-electron chi connectivity index (χ3n) is 6.34. The van der Waals surface area contributed by atoms with Gasteiger partial charge in [-0.2, -0.15) is 0 Å². The predicted molar refractivity (Wildman–Crippen MR) is 107 cm³/mol. The van der Waals surface area contributed by atoms with E-state index in [0.29, 0.717) is 18.4 Å². The van der Waals surface area contributed by atoms with E-state index in [9.17, 15) is 9.90 Å². The summed E-state index contributed by atoms with van der Waals surface area (Å²) in [7, 11) is 0. The van der Waals surface area contributed by atoms with Crippen molar-refractivity contribution in [1.29, 1.82) is 0 Å². The number of hydrogen-bond donors (Lipinski definition) is 2. The minimum atomic E-state index is -0.479. The molecule has 1 aromatic rings. The number of aliphatic hydroxyl groups excluding tert-OH is 1. The van der Waals surface area contributed by atoms with Crippen LogP contribution in [0.5, 0.6) is 5.88 Å². The molecule has 28 heavy (non-hydrogen) atoms. The Balaban J connectivity index is 1.48. The van der Waals surface area contributed by atoms with E-state index in [1.807, 2.05) is 0 Å². The summed E-state index contributed by atoms with van der Waals surface area (Å²) in [6.45, 7) is 2.55. The summed E-state index contributed by atoms with van der Waals surface area (Å²) >= 11 is 0. The molecule has 4 rings (SSSR count). The van der Waals surface area contributed by atoms with Gasteiger partial charge in [0.2, 0.25) is 0 Å². The molecule has 1 aliphatic heterocycles. The molecule has 2 atom stereocenters. The van der Waals surface area contributed by atoms with Gasteiger partial charge in [-0.3, -0.25) is 4.79 Å². The van der Waals surface area contributed by atoms with E-state index in [1.54, 1.807) is 6.20 Å². The van der Waals surface area contributed by atoms with E-state index in [4.69, 9.17) is 4.74 Å². The Morgan fingerprint density at radius 2 is 1.82 bits per heavy atom. The van der Waals surface area contributed by atoms with E-state index in [-0.39, 0.29) is 17.6 Å². The molecule has 2 N–H and O–H groups in total. The van der Waals surface area contributed by atoms with E-state index in [2.05, 4.69) is 20.2 Å². The Morgan fingerprint density at radius 1 is 1.11 bits per heavy atom. The number of ether oxygens (including phenoxy) is 1. The number of nitrogens with one attached hydrogen (secondary N) is 1. The maximum atomic E-state index is 12.7. The highest BCUT2D eigenvalue weighted by Gasteiger charge is 2.27. The van der Waals surface area contributed by atoms with Crippen LogP contribution in [-0.4, -0.2) is 52.8 Å². The van der Waals surface area contributed by atoms with Gasteiger partial charge in [0.1, 0.15) is 0 Å². The van der Waals surface area contributed by atoms with Gasteiger partial charge < -0.3 is 20.1 Å². The highest BCUT2D eigenvalue weighted by atomic mass is 16.5. The van der Waals surface area contributed by atoms with Crippen molar-refractivity contribution in [3.63, 3.8) is 0 Å². The van der Waals surface area contributed by atoms with Crippen LogP contribution in [0.15, 0.2) is 6.20 Å². The molecule has 0 radical (unpaired) electrons. The molecule has 1 amide bonds. The SMILES string of the molecule is O=C(N[C@@H]1CCCC[C@H]1O)c1cnc(N2CCCC2)c(OCC2CCCC2)n1. The fourth-order valence-corrected chi connectivity index (χ4v) is 4.61. The van der Waals surface area contributed by atoms with Crippen molar-refractivity contribution in [2.75, 3.05) is 24.6 Å². The lowest BCUT2D eigenvalue weighted by atomic mass is 9.92. The highest BCUT2D eigenvalue weighted by molar-refractivity contribution is 5.92. The average molecular weight is 389 g/mol. The van der Waals surface area contributed by atoms with Gasteiger partial charge >= 0.3 is 0 Å². The van der Waals surface area contributed by atoms with Crippen LogP contribution in [0.25, 0.3) is 0 Å². The zero-order chi connectivity index (χ0) is 19.3. The summed E-state index contributed by atoms with van der Waals surface area (Å²) in [4.78, 5) is 24.0. The topological polar surface area (TPSA) is 87.6 Å². The molecule has 1 saturated heterocycles. The fourth-order valence-electron chi connectivity index (χ4n) is 4.61. The second-order valence-electron chi connectivity index (χ2n) is 8.47. The van der Waals surface area contributed by atoms with Gasteiger partial charge in [-0.25, -0.2) is 9.97 Å². The first-order valence-electron chi connectivity index (χ1n) is 10.9. The first kappa shape index (κ1) is 19.4. The summed E-state index contributed by atoms with van der Waals surface area (Å²) in [5.41, 5.74) is 0.266. The van der Waals surface area contributed by atoms with Crippen molar-refractivity contribution in [3.05, 3.63) is 11.9 Å². The molecular formula is C21H32N4O3. The lowest BCUT2D eigenvalue weighted by Gasteiger charge is -2.28. The Kier molecular flexibility index (Phi) is 6.29. The first-order chi connectivity index (χ1) is 13.7. The number of nitrogens with zero attached hydrogens (tertiary/aromatic N) is 3. The van der Waals surface area contributed by atoms with Gasteiger partial charge in [-0.05, 0) is 44.4 Å². The van der Waals surface area contributed by atoms with Crippen molar-refractivity contribution in [3.8, 4) is 5.88 Å². The van der Waals surface area contributed by atoms with E-state index in [1.165, 1.54) is 25.7 Å². The first-order valence-corrected chi connectivity index (χ1v) is 10.9. The average Bonchev–Trinajstić information content (AvgIpc) is 3.42. The second kappa shape index (κ2) is 9.07. The molecule has 2 aliphatic carbocycles. The Hall–Kier alpha value is -1.89. The van der Waals surface area contributed by atoms with Crippen molar-refractivity contribution in [2.24, 2.45) is 5.92 Å².